The molecule has 0 saturated heterocycles. The fraction of sp³-hybridized carbons (Fsp3) is 0.429. The summed E-state index contributed by atoms with van der Waals surface area (Å²) in [5.41, 5.74) is 1.20. The fourth-order valence-electron chi connectivity index (χ4n) is 1.41. The van der Waals surface area contributed by atoms with Gasteiger partial charge in [0.25, 0.3) is 0 Å². The molecule has 0 aliphatic heterocycles. The predicted octanol–water partition coefficient (Wildman–Crippen LogP) is 3.95. The van der Waals surface area contributed by atoms with E-state index in [9.17, 15) is 0 Å². The van der Waals surface area contributed by atoms with Gasteiger partial charge in [-0.1, -0.05) is 36.9 Å². The number of hydrogen-bond donors (Lipinski definition) is 0. The van der Waals surface area contributed by atoms with E-state index < -0.39 is 0 Å². The molecule has 1 heteroatoms. The van der Waals surface area contributed by atoms with Gasteiger partial charge in [-0.2, -0.15) is 0 Å². The second-order valence-corrected chi connectivity index (χ2v) is 4.74. The van der Waals surface area contributed by atoms with Gasteiger partial charge in [0.1, 0.15) is 5.60 Å². The summed E-state index contributed by atoms with van der Waals surface area (Å²) in [6.45, 7) is 10.1. The molecule has 0 heterocycles. The number of hydrogen-bond acceptors (Lipinski definition) is 1. The smallest absolute Gasteiger partial charge is 0.100 e. The Hall–Kier alpha value is -1.24. The Bertz CT molecular complexity index is 306. The first-order valence-electron chi connectivity index (χ1n) is 5.38. The van der Waals surface area contributed by atoms with Crippen LogP contribution in [0.25, 0.3) is 0 Å². The molecule has 0 spiro atoms. The lowest BCUT2D eigenvalue weighted by Crippen LogP contribution is -2.18. The summed E-state index contributed by atoms with van der Waals surface area (Å²) in [6.07, 6.45) is 1.89. The van der Waals surface area contributed by atoms with E-state index in [2.05, 4.69) is 30.8 Å². The van der Waals surface area contributed by atoms with Crippen molar-refractivity contribution in [1.82, 2.24) is 0 Å². The first-order valence-corrected chi connectivity index (χ1v) is 5.38. The van der Waals surface area contributed by atoms with Crippen LogP contribution in [0.5, 0.6) is 0 Å². The monoisotopic (exact) mass is 204 g/mol. The molecule has 0 atom stereocenters. The third kappa shape index (κ3) is 5.26. The van der Waals surface area contributed by atoms with Crippen molar-refractivity contribution in [3.05, 3.63) is 48.2 Å². The first-order chi connectivity index (χ1) is 6.97. The Kier molecular flexibility index (Phi) is 3.96. The fourth-order valence-corrected chi connectivity index (χ4v) is 1.41. The van der Waals surface area contributed by atoms with Crippen LogP contribution in [-0.4, -0.2) is 5.60 Å². The molecule has 82 valence electrons. The second-order valence-electron chi connectivity index (χ2n) is 4.74. The zero-order valence-corrected chi connectivity index (χ0v) is 9.92. The van der Waals surface area contributed by atoms with Crippen molar-refractivity contribution in [3.8, 4) is 0 Å². The average molecular weight is 204 g/mol. The summed E-state index contributed by atoms with van der Waals surface area (Å²) >= 11 is 0. The summed E-state index contributed by atoms with van der Waals surface area (Å²) in [5, 5.41) is 0. The topological polar surface area (TPSA) is 9.23 Å². The molecule has 0 fully saturated rings. The lowest BCUT2D eigenvalue weighted by molar-refractivity contribution is 0.0480. The normalized spacial score (nSPS) is 11.1. The van der Waals surface area contributed by atoms with Crippen LogP contribution in [-0.2, 0) is 11.2 Å². The number of allylic oxidation sites excluding steroid dienone is 1. The quantitative estimate of drug-likeness (QED) is 0.675. The molecule has 1 rings (SSSR count). The van der Waals surface area contributed by atoms with Crippen molar-refractivity contribution < 1.29 is 4.74 Å². The SMILES string of the molecule is C=C(CCc1ccccc1)OC(C)(C)C. The van der Waals surface area contributed by atoms with Crippen LogP contribution in [0, 0.1) is 0 Å². The molecule has 0 amide bonds. The first kappa shape index (κ1) is 11.8. The van der Waals surface area contributed by atoms with E-state index in [0.717, 1.165) is 18.6 Å². The van der Waals surface area contributed by atoms with E-state index >= 15 is 0 Å². The van der Waals surface area contributed by atoms with Crippen LogP contribution in [0.4, 0.5) is 0 Å². The molecule has 0 N–H and O–H groups in total. The van der Waals surface area contributed by atoms with Crippen LogP contribution >= 0.6 is 0 Å². The summed E-state index contributed by atoms with van der Waals surface area (Å²) in [4.78, 5) is 0. The number of rotatable bonds is 4. The van der Waals surface area contributed by atoms with Gasteiger partial charge >= 0.3 is 0 Å². The summed E-state index contributed by atoms with van der Waals surface area (Å²) in [7, 11) is 0. The molecular formula is C14H20O. The van der Waals surface area contributed by atoms with Gasteiger partial charge in [-0.15, -0.1) is 0 Å². The van der Waals surface area contributed by atoms with Gasteiger partial charge in [0.05, 0.1) is 5.76 Å². The molecule has 1 nitrogen and oxygen atoms in total. The maximum atomic E-state index is 5.66. The lowest BCUT2D eigenvalue weighted by Gasteiger charge is -2.22. The summed E-state index contributed by atoms with van der Waals surface area (Å²) in [6, 6.07) is 10.4. The van der Waals surface area contributed by atoms with E-state index in [1.807, 2.05) is 26.8 Å². The molecule has 1 aromatic carbocycles. The Morgan fingerprint density at radius 1 is 1.20 bits per heavy atom. The van der Waals surface area contributed by atoms with Crippen LogP contribution in [0.3, 0.4) is 0 Å². The van der Waals surface area contributed by atoms with E-state index in [-0.39, 0.29) is 5.60 Å². The standard InChI is InChI=1S/C14H20O/c1-12(15-14(2,3)4)10-11-13-8-6-5-7-9-13/h5-9H,1,10-11H2,2-4H3. The van der Waals surface area contributed by atoms with E-state index in [4.69, 9.17) is 4.74 Å². The van der Waals surface area contributed by atoms with Gasteiger partial charge in [0.2, 0.25) is 0 Å². The Balaban J connectivity index is 2.35. The van der Waals surface area contributed by atoms with Crippen molar-refractivity contribution in [2.45, 2.75) is 39.2 Å². The number of aryl methyl sites for hydroxylation is 1. The Labute approximate surface area is 92.8 Å². The van der Waals surface area contributed by atoms with Crippen LogP contribution in [0.15, 0.2) is 42.7 Å². The molecule has 0 aromatic heterocycles. The molecule has 0 aliphatic rings. The van der Waals surface area contributed by atoms with Crippen molar-refractivity contribution in [1.29, 1.82) is 0 Å². The highest BCUT2D eigenvalue weighted by Crippen LogP contribution is 2.16. The average Bonchev–Trinajstić information content (AvgIpc) is 2.14. The molecule has 0 bridgehead atoms. The van der Waals surface area contributed by atoms with Gasteiger partial charge in [-0.05, 0) is 32.8 Å². The van der Waals surface area contributed by atoms with Gasteiger partial charge in [-0.3, -0.25) is 0 Å². The number of ether oxygens (including phenoxy) is 1. The van der Waals surface area contributed by atoms with Crippen LogP contribution in [0.2, 0.25) is 0 Å². The highest BCUT2D eigenvalue weighted by atomic mass is 16.5. The highest BCUT2D eigenvalue weighted by molar-refractivity contribution is 5.15. The molecule has 0 aliphatic carbocycles. The van der Waals surface area contributed by atoms with Crippen LogP contribution < -0.4 is 0 Å². The molecule has 0 radical (unpaired) electrons. The zero-order chi connectivity index (χ0) is 11.3. The summed E-state index contributed by atoms with van der Waals surface area (Å²) in [5.74, 6) is 0.867. The second kappa shape index (κ2) is 5.01. The molecule has 0 saturated carbocycles. The molecule has 15 heavy (non-hydrogen) atoms. The number of benzene rings is 1. The predicted molar refractivity (Wildman–Crippen MR) is 64.7 cm³/mol. The van der Waals surface area contributed by atoms with Gasteiger partial charge < -0.3 is 4.74 Å². The minimum absolute atomic E-state index is 0.131. The Morgan fingerprint density at radius 2 is 1.80 bits per heavy atom. The zero-order valence-electron chi connectivity index (χ0n) is 9.92. The third-order valence-electron chi connectivity index (χ3n) is 1.99. The maximum Gasteiger partial charge on any atom is 0.100 e. The van der Waals surface area contributed by atoms with Crippen molar-refractivity contribution >= 4 is 0 Å². The minimum atomic E-state index is -0.131. The third-order valence-corrected chi connectivity index (χ3v) is 1.99. The Morgan fingerprint density at radius 3 is 2.33 bits per heavy atom. The van der Waals surface area contributed by atoms with Crippen molar-refractivity contribution in [3.63, 3.8) is 0 Å². The van der Waals surface area contributed by atoms with Crippen molar-refractivity contribution in [2.75, 3.05) is 0 Å². The van der Waals surface area contributed by atoms with E-state index in [1.54, 1.807) is 0 Å². The maximum absolute atomic E-state index is 5.66. The van der Waals surface area contributed by atoms with E-state index in [1.165, 1.54) is 5.56 Å². The minimum Gasteiger partial charge on any atom is -0.493 e. The molecule has 1 aromatic rings. The van der Waals surface area contributed by atoms with Crippen molar-refractivity contribution in [2.24, 2.45) is 0 Å². The van der Waals surface area contributed by atoms with Gasteiger partial charge in [0, 0.05) is 6.42 Å². The van der Waals surface area contributed by atoms with Crippen LogP contribution in [0.1, 0.15) is 32.8 Å². The molecular weight excluding hydrogens is 184 g/mol. The largest absolute Gasteiger partial charge is 0.493 e. The van der Waals surface area contributed by atoms with Gasteiger partial charge in [-0.25, -0.2) is 0 Å². The summed E-state index contributed by atoms with van der Waals surface area (Å²) < 4.78 is 5.66. The molecule has 0 unspecified atom stereocenters. The lowest BCUT2D eigenvalue weighted by atomic mass is 10.1. The highest BCUT2D eigenvalue weighted by Gasteiger charge is 2.11. The van der Waals surface area contributed by atoms with Gasteiger partial charge in [0.15, 0.2) is 0 Å². The van der Waals surface area contributed by atoms with E-state index in [0.29, 0.717) is 0 Å².